The Morgan fingerprint density at radius 3 is 2.67 bits per heavy atom. The van der Waals surface area contributed by atoms with Gasteiger partial charge in [0.2, 0.25) is 0 Å². The fraction of sp³-hybridized carbons (Fsp3) is 0.182. The third kappa shape index (κ3) is 3.42. The maximum absolute atomic E-state index is 12.9. The van der Waals surface area contributed by atoms with Gasteiger partial charge in [-0.3, -0.25) is 0 Å². The number of aryl methyl sites for hydroxylation is 1. The monoisotopic (exact) mass is 210 g/mol. The van der Waals surface area contributed by atoms with E-state index in [0.29, 0.717) is 5.56 Å². The predicted molar refractivity (Wildman–Crippen MR) is 53.1 cm³/mol. The van der Waals surface area contributed by atoms with Crippen LogP contribution in [0.15, 0.2) is 30.5 Å². The van der Waals surface area contributed by atoms with Crippen LogP contribution in [0.2, 0.25) is 0 Å². The van der Waals surface area contributed by atoms with Crippen molar-refractivity contribution in [2.75, 3.05) is 0 Å². The van der Waals surface area contributed by atoms with Crippen molar-refractivity contribution in [1.29, 1.82) is 0 Å². The molecule has 0 atom stereocenters. The van der Waals surface area contributed by atoms with Crippen LogP contribution in [0.4, 0.5) is 9.18 Å². The summed E-state index contributed by atoms with van der Waals surface area (Å²) < 4.78 is 22.2. The fourth-order valence-electron chi connectivity index (χ4n) is 0.940. The van der Waals surface area contributed by atoms with E-state index in [1.165, 1.54) is 25.1 Å². The lowest BCUT2D eigenvalue weighted by molar-refractivity contribution is 0.127. The number of rotatable bonds is 2. The van der Waals surface area contributed by atoms with Crippen molar-refractivity contribution >= 4 is 6.16 Å². The smallest absolute Gasteiger partial charge is 0.400 e. The highest BCUT2D eigenvalue weighted by atomic mass is 19.1. The van der Waals surface area contributed by atoms with Gasteiger partial charge in [-0.25, -0.2) is 9.18 Å². The normalized spacial score (nSPS) is 9.53. The fourth-order valence-corrected chi connectivity index (χ4v) is 0.940. The lowest BCUT2D eigenvalue weighted by Crippen LogP contribution is -2.09. The quantitative estimate of drug-likeness (QED) is 0.427. The molecule has 0 amide bonds. The Morgan fingerprint density at radius 1 is 1.47 bits per heavy atom. The Labute approximate surface area is 87.1 Å². The number of halogens is 1. The minimum Gasteiger partial charge on any atom is -0.400 e. The highest BCUT2D eigenvalue weighted by Gasteiger charge is 2.07. The Kier molecular flexibility index (Phi) is 3.44. The molecule has 0 aliphatic rings. The summed E-state index contributed by atoms with van der Waals surface area (Å²) in [7, 11) is 0. The van der Waals surface area contributed by atoms with Crippen molar-refractivity contribution in [3.8, 4) is 5.75 Å². The number of allylic oxidation sites excluding steroid dienone is 1. The van der Waals surface area contributed by atoms with Gasteiger partial charge in [0, 0.05) is 0 Å². The van der Waals surface area contributed by atoms with Gasteiger partial charge in [-0.15, -0.1) is 0 Å². The number of hydrogen-bond acceptors (Lipinski definition) is 3. The third-order valence-electron chi connectivity index (χ3n) is 1.59. The Bertz CT molecular complexity index is 399. The first-order chi connectivity index (χ1) is 6.99. The molecule has 1 aromatic rings. The maximum Gasteiger partial charge on any atom is 0.519 e. The standard InChI is InChI=1S/C11H11FO3/c1-7(2)14-11(13)15-9-4-5-10(12)8(3)6-9/h4-6H,1H2,2-3H3. The van der Waals surface area contributed by atoms with Crippen LogP contribution < -0.4 is 4.74 Å². The minimum absolute atomic E-state index is 0.235. The molecule has 4 heteroatoms. The molecule has 0 fully saturated rings. The van der Waals surface area contributed by atoms with Gasteiger partial charge in [0.05, 0.1) is 0 Å². The Morgan fingerprint density at radius 2 is 2.13 bits per heavy atom. The van der Waals surface area contributed by atoms with Crippen molar-refractivity contribution in [2.24, 2.45) is 0 Å². The van der Waals surface area contributed by atoms with Crippen LogP contribution in [0, 0.1) is 12.7 Å². The van der Waals surface area contributed by atoms with Gasteiger partial charge in [-0.05, 0) is 37.6 Å². The second kappa shape index (κ2) is 4.59. The molecule has 0 spiro atoms. The van der Waals surface area contributed by atoms with E-state index in [2.05, 4.69) is 11.3 Å². The molecule has 1 rings (SSSR count). The summed E-state index contributed by atoms with van der Waals surface area (Å²) in [6, 6.07) is 3.98. The summed E-state index contributed by atoms with van der Waals surface area (Å²) in [5.74, 6) is 0.120. The molecule has 0 aliphatic carbocycles. The van der Waals surface area contributed by atoms with E-state index < -0.39 is 6.16 Å². The van der Waals surface area contributed by atoms with Gasteiger partial charge >= 0.3 is 6.16 Å². The average Bonchev–Trinajstić information content (AvgIpc) is 2.10. The summed E-state index contributed by atoms with van der Waals surface area (Å²) in [5, 5.41) is 0. The van der Waals surface area contributed by atoms with E-state index >= 15 is 0 Å². The van der Waals surface area contributed by atoms with Crippen LogP contribution in [0.25, 0.3) is 0 Å². The number of benzene rings is 1. The van der Waals surface area contributed by atoms with E-state index in [1.54, 1.807) is 6.92 Å². The molecule has 1 aromatic carbocycles. The second-order valence-electron chi connectivity index (χ2n) is 3.07. The van der Waals surface area contributed by atoms with Crippen molar-refractivity contribution < 1.29 is 18.7 Å². The van der Waals surface area contributed by atoms with Gasteiger partial charge in [-0.1, -0.05) is 6.58 Å². The zero-order valence-electron chi connectivity index (χ0n) is 8.54. The number of carbonyl (C=O) groups is 1. The summed E-state index contributed by atoms with van der Waals surface area (Å²) in [6.45, 7) is 6.49. The maximum atomic E-state index is 12.9. The van der Waals surface area contributed by atoms with Gasteiger partial charge < -0.3 is 9.47 Å². The van der Waals surface area contributed by atoms with Crippen molar-refractivity contribution in [3.05, 3.63) is 41.9 Å². The van der Waals surface area contributed by atoms with E-state index in [9.17, 15) is 9.18 Å². The summed E-state index contributed by atoms with van der Waals surface area (Å²) in [5.41, 5.74) is 0.399. The van der Waals surface area contributed by atoms with Gasteiger partial charge in [0.15, 0.2) is 0 Å². The molecule has 15 heavy (non-hydrogen) atoms. The van der Waals surface area contributed by atoms with E-state index in [4.69, 9.17) is 4.74 Å². The predicted octanol–water partition coefficient (Wildman–Crippen LogP) is 3.18. The van der Waals surface area contributed by atoms with Gasteiger partial charge in [0.25, 0.3) is 0 Å². The van der Waals surface area contributed by atoms with E-state index in [-0.39, 0.29) is 17.3 Å². The Hall–Kier alpha value is -1.84. The summed E-state index contributed by atoms with van der Waals surface area (Å²) >= 11 is 0. The van der Waals surface area contributed by atoms with Crippen LogP contribution in [-0.4, -0.2) is 6.16 Å². The number of ether oxygens (including phenoxy) is 2. The van der Waals surface area contributed by atoms with E-state index in [1.807, 2.05) is 0 Å². The molecule has 0 aliphatic heterocycles. The lowest BCUT2D eigenvalue weighted by Gasteiger charge is -2.05. The number of hydrogen-bond donors (Lipinski definition) is 0. The zero-order chi connectivity index (χ0) is 11.4. The van der Waals surface area contributed by atoms with Crippen LogP contribution >= 0.6 is 0 Å². The first-order valence-electron chi connectivity index (χ1n) is 4.30. The molecule has 0 aromatic heterocycles. The topological polar surface area (TPSA) is 35.5 Å². The van der Waals surface area contributed by atoms with Crippen molar-refractivity contribution in [2.45, 2.75) is 13.8 Å². The molecular weight excluding hydrogens is 199 g/mol. The van der Waals surface area contributed by atoms with Gasteiger partial charge in [0.1, 0.15) is 17.3 Å². The minimum atomic E-state index is -0.881. The van der Waals surface area contributed by atoms with Crippen LogP contribution in [0.5, 0.6) is 5.75 Å². The van der Waals surface area contributed by atoms with Gasteiger partial charge in [-0.2, -0.15) is 0 Å². The van der Waals surface area contributed by atoms with Crippen LogP contribution in [0.3, 0.4) is 0 Å². The average molecular weight is 210 g/mol. The van der Waals surface area contributed by atoms with Crippen LogP contribution in [0.1, 0.15) is 12.5 Å². The highest BCUT2D eigenvalue weighted by molar-refractivity contribution is 5.65. The molecular formula is C11H11FO3. The molecule has 0 bridgehead atoms. The third-order valence-corrected chi connectivity index (χ3v) is 1.59. The van der Waals surface area contributed by atoms with E-state index in [0.717, 1.165) is 0 Å². The number of carbonyl (C=O) groups excluding carboxylic acids is 1. The molecule has 0 saturated carbocycles. The summed E-state index contributed by atoms with van der Waals surface area (Å²) in [6.07, 6.45) is -0.881. The highest BCUT2D eigenvalue weighted by Crippen LogP contribution is 2.16. The van der Waals surface area contributed by atoms with Crippen LogP contribution in [-0.2, 0) is 4.74 Å². The SMILES string of the molecule is C=C(C)OC(=O)Oc1ccc(F)c(C)c1. The first kappa shape index (κ1) is 11.2. The lowest BCUT2D eigenvalue weighted by atomic mass is 10.2. The first-order valence-corrected chi connectivity index (χ1v) is 4.30. The Balaban J connectivity index is 2.69. The summed E-state index contributed by atoms with van der Waals surface area (Å²) in [4.78, 5) is 11.0. The molecule has 0 radical (unpaired) electrons. The molecule has 0 N–H and O–H groups in total. The van der Waals surface area contributed by atoms with Crippen molar-refractivity contribution in [1.82, 2.24) is 0 Å². The van der Waals surface area contributed by atoms with Crippen molar-refractivity contribution in [3.63, 3.8) is 0 Å². The largest absolute Gasteiger partial charge is 0.519 e. The molecule has 0 unspecified atom stereocenters. The molecule has 0 heterocycles. The zero-order valence-corrected chi connectivity index (χ0v) is 8.54. The second-order valence-corrected chi connectivity index (χ2v) is 3.07. The molecule has 80 valence electrons. The molecule has 3 nitrogen and oxygen atoms in total. The molecule has 0 saturated heterocycles.